The fourth-order valence-electron chi connectivity index (χ4n) is 1.34. The Bertz CT molecular complexity index is 655. The first kappa shape index (κ1) is 14.0. The molecule has 19 heavy (non-hydrogen) atoms. The molecule has 0 aliphatic carbocycles. The Balaban J connectivity index is 2.21. The summed E-state index contributed by atoms with van der Waals surface area (Å²) in [6.07, 6.45) is 0. The van der Waals surface area contributed by atoms with Crippen molar-refractivity contribution in [3.8, 4) is 0 Å². The Morgan fingerprint density at radius 3 is 2.68 bits per heavy atom. The standard InChI is InChI=1S/C12H8Cl2N2O2S/c1-6(17)9-5-19-12(15-9)16-11(18)7-3-2-4-8(13)10(7)14/h2-5H,1H3,(H,15,16,18). The minimum absolute atomic E-state index is 0.155. The molecule has 0 bridgehead atoms. The zero-order valence-electron chi connectivity index (χ0n) is 9.74. The molecule has 2 rings (SSSR count). The quantitative estimate of drug-likeness (QED) is 0.874. The van der Waals surface area contributed by atoms with Gasteiger partial charge in [0, 0.05) is 12.3 Å². The molecule has 1 amide bonds. The third-order valence-corrected chi connectivity index (χ3v) is 3.86. The van der Waals surface area contributed by atoms with Crippen LogP contribution in [0.15, 0.2) is 23.6 Å². The van der Waals surface area contributed by atoms with E-state index in [-0.39, 0.29) is 16.4 Å². The predicted octanol–water partition coefficient (Wildman–Crippen LogP) is 3.90. The summed E-state index contributed by atoms with van der Waals surface area (Å²) >= 11 is 13.0. The van der Waals surface area contributed by atoms with Crippen molar-refractivity contribution in [2.24, 2.45) is 0 Å². The molecule has 4 nitrogen and oxygen atoms in total. The summed E-state index contributed by atoms with van der Waals surface area (Å²) in [6, 6.07) is 4.78. The molecule has 1 N–H and O–H groups in total. The molecule has 0 atom stereocenters. The Morgan fingerprint density at radius 1 is 1.32 bits per heavy atom. The van der Waals surface area contributed by atoms with Gasteiger partial charge in [-0.2, -0.15) is 0 Å². The fraction of sp³-hybridized carbons (Fsp3) is 0.0833. The van der Waals surface area contributed by atoms with Crippen molar-refractivity contribution in [1.82, 2.24) is 4.98 Å². The number of benzene rings is 1. The predicted molar refractivity (Wildman–Crippen MR) is 76.5 cm³/mol. The Hall–Kier alpha value is -1.43. The number of thiazole rings is 1. The lowest BCUT2D eigenvalue weighted by molar-refractivity contribution is 0.100. The van der Waals surface area contributed by atoms with E-state index in [4.69, 9.17) is 23.2 Å². The van der Waals surface area contributed by atoms with Crippen LogP contribution in [-0.4, -0.2) is 16.7 Å². The van der Waals surface area contributed by atoms with Gasteiger partial charge in [-0.15, -0.1) is 11.3 Å². The molecule has 7 heteroatoms. The lowest BCUT2D eigenvalue weighted by Crippen LogP contribution is -2.12. The zero-order valence-corrected chi connectivity index (χ0v) is 12.1. The molecule has 1 heterocycles. The van der Waals surface area contributed by atoms with Gasteiger partial charge in [0.15, 0.2) is 10.9 Å². The van der Waals surface area contributed by atoms with Crippen LogP contribution in [0.25, 0.3) is 0 Å². The molecule has 98 valence electrons. The summed E-state index contributed by atoms with van der Waals surface area (Å²) in [5, 5.41) is 4.98. The highest BCUT2D eigenvalue weighted by atomic mass is 35.5. The number of Topliss-reactive ketones (excluding diaryl/α,β-unsaturated/α-hetero) is 1. The van der Waals surface area contributed by atoms with Gasteiger partial charge in [-0.1, -0.05) is 29.3 Å². The second-order valence-electron chi connectivity index (χ2n) is 3.65. The summed E-state index contributed by atoms with van der Waals surface area (Å²) in [5.74, 6) is -0.575. The van der Waals surface area contributed by atoms with Crippen LogP contribution in [-0.2, 0) is 0 Å². The molecular weight excluding hydrogens is 307 g/mol. The van der Waals surface area contributed by atoms with Crippen molar-refractivity contribution in [2.75, 3.05) is 5.32 Å². The molecule has 1 aromatic carbocycles. The average molecular weight is 315 g/mol. The van der Waals surface area contributed by atoms with Crippen molar-refractivity contribution in [3.63, 3.8) is 0 Å². The topological polar surface area (TPSA) is 59.1 Å². The number of rotatable bonds is 3. The SMILES string of the molecule is CC(=O)c1csc(NC(=O)c2cccc(Cl)c2Cl)n1. The maximum absolute atomic E-state index is 12.0. The van der Waals surface area contributed by atoms with E-state index in [1.54, 1.807) is 23.6 Å². The minimum Gasteiger partial charge on any atom is -0.298 e. The smallest absolute Gasteiger partial charge is 0.259 e. The van der Waals surface area contributed by atoms with Crippen LogP contribution in [0.3, 0.4) is 0 Å². The van der Waals surface area contributed by atoms with Gasteiger partial charge < -0.3 is 0 Å². The van der Waals surface area contributed by atoms with Gasteiger partial charge in [-0.3, -0.25) is 14.9 Å². The Kier molecular flexibility index (Phi) is 4.19. The van der Waals surface area contributed by atoms with Gasteiger partial charge in [-0.05, 0) is 12.1 Å². The van der Waals surface area contributed by atoms with Crippen LogP contribution in [0.2, 0.25) is 10.0 Å². The van der Waals surface area contributed by atoms with Gasteiger partial charge in [0.1, 0.15) is 5.69 Å². The number of carbonyl (C=O) groups excluding carboxylic acids is 2. The number of amides is 1. The van der Waals surface area contributed by atoms with E-state index in [1.807, 2.05) is 0 Å². The number of aromatic nitrogens is 1. The number of ketones is 1. The van der Waals surface area contributed by atoms with Crippen LogP contribution < -0.4 is 5.32 Å². The largest absolute Gasteiger partial charge is 0.298 e. The molecule has 0 saturated carbocycles. The number of hydrogen-bond donors (Lipinski definition) is 1. The summed E-state index contributed by atoms with van der Waals surface area (Å²) in [6.45, 7) is 1.41. The first-order chi connectivity index (χ1) is 8.99. The van der Waals surface area contributed by atoms with Crippen LogP contribution in [0, 0.1) is 0 Å². The molecular formula is C12H8Cl2N2O2S. The molecule has 0 unspecified atom stereocenters. The minimum atomic E-state index is -0.419. The maximum Gasteiger partial charge on any atom is 0.259 e. The van der Waals surface area contributed by atoms with E-state index in [2.05, 4.69) is 10.3 Å². The van der Waals surface area contributed by atoms with Crippen LogP contribution in [0.5, 0.6) is 0 Å². The lowest BCUT2D eigenvalue weighted by atomic mass is 10.2. The van der Waals surface area contributed by atoms with Gasteiger partial charge in [0.25, 0.3) is 5.91 Å². The Morgan fingerprint density at radius 2 is 2.05 bits per heavy atom. The fourth-order valence-corrected chi connectivity index (χ4v) is 2.47. The third-order valence-electron chi connectivity index (χ3n) is 2.28. The second kappa shape index (κ2) is 5.69. The first-order valence-electron chi connectivity index (χ1n) is 5.21. The van der Waals surface area contributed by atoms with Crippen molar-refractivity contribution in [3.05, 3.63) is 44.9 Å². The van der Waals surface area contributed by atoms with E-state index >= 15 is 0 Å². The first-order valence-corrected chi connectivity index (χ1v) is 6.84. The van der Waals surface area contributed by atoms with E-state index in [9.17, 15) is 9.59 Å². The van der Waals surface area contributed by atoms with E-state index in [0.29, 0.717) is 15.8 Å². The molecule has 1 aromatic heterocycles. The second-order valence-corrected chi connectivity index (χ2v) is 5.29. The van der Waals surface area contributed by atoms with Gasteiger partial charge in [0.2, 0.25) is 0 Å². The molecule has 0 aliphatic rings. The third kappa shape index (κ3) is 3.12. The van der Waals surface area contributed by atoms with Crippen molar-refractivity contribution in [1.29, 1.82) is 0 Å². The molecule has 0 spiro atoms. The number of carbonyl (C=O) groups is 2. The number of halogens is 2. The van der Waals surface area contributed by atoms with Gasteiger partial charge >= 0.3 is 0 Å². The van der Waals surface area contributed by atoms with Gasteiger partial charge in [0.05, 0.1) is 15.6 Å². The molecule has 0 saturated heterocycles. The number of nitrogens with one attached hydrogen (secondary N) is 1. The van der Waals surface area contributed by atoms with Crippen LogP contribution in [0.1, 0.15) is 27.8 Å². The highest BCUT2D eigenvalue weighted by molar-refractivity contribution is 7.14. The van der Waals surface area contributed by atoms with E-state index < -0.39 is 5.91 Å². The lowest BCUT2D eigenvalue weighted by Gasteiger charge is -2.04. The maximum atomic E-state index is 12.0. The van der Waals surface area contributed by atoms with Crippen LogP contribution in [0.4, 0.5) is 5.13 Å². The summed E-state index contributed by atoms with van der Waals surface area (Å²) in [4.78, 5) is 27.1. The monoisotopic (exact) mass is 314 g/mol. The van der Waals surface area contributed by atoms with Gasteiger partial charge in [-0.25, -0.2) is 4.98 Å². The number of nitrogens with zero attached hydrogens (tertiary/aromatic N) is 1. The van der Waals surface area contributed by atoms with Crippen molar-refractivity contribution in [2.45, 2.75) is 6.92 Å². The number of anilines is 1. The summed E-state index contributed by atoms with van der Waals surface area (Å²) in [7, 11) is 0. The molecule has 0 radical (unpaired) electrons. The highest BCUT2D eigenvalue weighted by Crippen LogP contribution is 2.26. The summed E-state index contributed by atoms with van der Waals surface area (Å²) in [5.41, 5.74) is 0.575. The Labute approximate surface area is 123 Å². The van der Waals surface area contributed by atoms with E-state index in [1.165, 1.54) is 18.3 Å². The highest BCUT2D eigenvalue weighted by Gasteiger charge is 2.14. The molecule has 2 aromatic rings. The average Bonchev–Trinajstić information content (AvgIpc) is 2.81. The molecule has 0 fully saturated rings. The van der Waals surface area contributed by atoms with Crippen molar-refractivity contribution >= 4 is 51.4 Å². The summed E-state index contributed by atoms with van der Waals surface area (Å²) < 4.78 is 0. The van der Waals surface area contributed by atoms with Crippen molar-refractivity contribution < 1.29 is 9.59 Å². The number of hydrogen-bond acceptors (Lipinski definition) is 4. The van der Waals surface area contributed by atoms with Crippen LogP contribution >= 0.6 is 34.5 Å². The normalized spacial score (nSPS) is 10.3. The van der Waals surface area contributed by atoms with E-state index in [0.717, 1.165) is 0 Å². The zero-order chi connectivity index (χ0) is 14.0. The molecule has 0 aliphatic heterocycles.